The smallest absolute Gasteiger partial charge is 0.179 e. The van der Waals surface area contributed by atoms with Crippen LogP contribution >= 0.6 is 0 Å². The topological polar surface area (TPSA) is 25.4 Å². The normalized spacial score (nSPS) is 19.9. The van der Waals surface area contributed by atoms with Crippen LogP contribution in [-0.2, 0) is 31.9 Å². The van der Waals surface area contributed by atoms with Gasteiger partial charge in [-0.25, -0.2) is 4.98 Å². The first-order valence-electron chi connectivity index (χ1n) is 15.7. The molecule has 2 atom stereocenters. The SMILES string of the molecule is CC(C)(C)c1ccnc(N(c2[c-]c(Oc3[c-]c([N@@+]45[CH-][N@@+](C)(C4)c4ccc(C(C)(C)C)cc45)ccc3)ccc2)c2ccccc2)c1.[Pt]. The summed E-state index contributed by atoms with van der Waals surface area (Å²) >= 11 is 0. The van der Waals surface area contributed by atoms with Gasteiger partial charge in [0.1, 0.15) is 5.82 Å². The van der Waals surface area contributed by atoms with Crippen LogP contribution in [0.15, 0.2) is 103 Å². The summed E-state index contributed by atoms with van der Waals surface area (Å²) in [5.74, 6) is 2.13. The Bertz CT molecular complexity index is 1880. The van der Waals surface area contributed by atoms with E-state index in [1.54, 1.807) is 0 Å². The van der Waals surface area contributed by atoms with Crippen LogP contribution in [0, 0.1) is 18.8 Å². The van der Waals surface area contributed by atoms with E-state index in [2.05, 4.69) is 127 Å². The van der Waals surface area contributed by atoms with Crippen molar-refractivity contribution in [2.75, 3.05) is 18.6 Å². The molecule has 0 saturated carbocycles. The predicted octanol–water partition coefficient (Wildman–Crippen LogP) is 10.2. The minimum atomic E-state index is -0.00406. The quantitative estimate of drug-likeness (QED) is 0.127. The third-order valence-corrected chi connectivity index (χ3v) is 9.04. The van der Waals surface area contributed by atoms with Gasteiger partial charge in [-0.15, -0.1) is 30.3 Å². The average Bonchev–Trinajstić information content (AvgIpc) is 3.40. The van der Waals surface area contributed by atoms with E-state index in [1.807, 2.05) is 48.7 Å². The molecular weight excluding hydrogens is 748 g/mol. The van der Waals surface area contributed by atoms with Crippen molar-refractivity contribution in [2.24, 2.45) is 0 Å². The van der Waals surface area contributed by atoms with Gasteiger partial charge in [-0.2, -0.15) is 12.1 Å². The van der Waals surface area contributed by atoms with Crippen molar-refractivity contribution in [2.45, 2.75) is 52.4 Å². The van der Waals surface area contributed by atoms with E-state index in [4.69, 9.17) is 9.72 Å². The molecule has 4 aromatic carbocycles. The van der Waals surface area contributed by atoms with E-state index in [1.165, 1.54) is 22.5 Å². The summed E-state index contributed by atoms with van der Waals surface area (Å²) in [6, 6.07) is 40.9. The number of rotatable bonds is 6. The first-order valence-corrected chi connectivity index (χ1v) is 15.7. The molecule has 2 bridgehead atoms. The Morgan fingerprint density at radius 1 is 0.739 bits per heavy atom. The third kappa shape index (κ3) is 5.59. The van der Waals surface area contributed by atoms with E-state index >= 15 is 0 Å². The second kappa shape index (κ2) is 11.5. The van der Waals surface area contributed by atoms with E-state index in [0.717, 1.165) is 34.0 Å². The van der Waals surface area contributed by atoms with Gasteiger partial charge in [0.15, 0.2) is 18.0 Å². The van der Waals surface area contributed by atoms with Crippen LogP contribution in [0.2, 0.25) is 0 Å². The van der Waals surface area contributed by atoms with Crippen LogP contribution in [0.4, 0.5) is 34.3 Å². The number of aromatic nitrogens is 1. The molecule has 6 heteroatoms. The summed E-state index contributed by atoms with van der Waals surface area (Å²) in [5, 5.41) is 0. The number of ether oxygens (including phenoxy) is 1. The number of benzene rings is 4. The van der Waals surface area contributed by atoms with Crippen LogP contribution in [-0.4, -0.2) is 18.7 Å². The van der Waals surface area contributed by atoms with Gasteiger partial charge in [-0.05, 0) is 46.2 Å². The molecule has 4 heterocycles. The van der Waals surface area contributed by atoms with Crippen molar-refractivity contribution in [1.82, 2.24) is 14.0 Å². The first-order chi connectivity index (χ1) is 21.4. The second-order valence-electron chi connectivity index (χ2n) is 14.6. The van der Waals surface area contributed by atoms with Gasteiger partial charge in [0.2, 0.25) is 0 Å². The van der Waals surface area contributed by atoms with Crippen molar-refractivity contribution < 1.29 is 25.8 Å². The maximum absolute atomic E-state index is 6.49. The molecule has 3 aliphatic rings. The Morgan fingerprint density at radius 3 is 2.09 bits per heavy atom. The monoisotopic (exact) mass is 788 g/mol. The molecule has 3 aliphatic heterocycles. The fraction of sp³-hybridized carbons (Fsp3) is 0.250. The molecule has 0 spiro atoms. The van der Waals surface area contributed by atoms with Crippen LogP contribution in [0.3, 0.4) is 0 Å². The van der Waals surface area contributed by atoms with E-state index in [-0.39, 0.29) is 31.9 Å². The number of quaternary nitrogens is 2. The molecule has 0 radical (unpaired) electrons. The minimum Gasteiger partial charge on any atom is -0.509 e. The van der Waals surface area contributed by atoms with Crippen molar-refractivity contribution in [3.63, 3.8) is 0 Å². The van der Waals surface area contributed by atoms with E-state index < -0.39 is 0 Å². The van der Waals surface area contributed by atoms with E-state index in [0.29, 0.717) is 16.0 Å². The molecule has 46 heavy (non-hydrogen) atoms. The molecule has 0 amide bonds. The van der Waals surface area contributed by atoms with Gasteiger partial charge in [0.05, 0.1) is 13.7 Å². The molecular formula is C40H41N4OPt-. The Labute approximate surface area is 288 Å². The van der Waals surface area contributed by atoms with Crippen LogP contribution < -0.4 is 18.6 Å². The molecule has 238 valence electrons. The summed E-state index contributed by atoms with van der Waals surface area (Å²) in [5.41, 5.74) is 8.26. The molecule has 1 saturated heterocycles. The maximum atomic E-state index is 6.49. The molecule has 0 unspecified atom stereocenters. The summed E-state index contributed by atoms with van der Waals surface area (Å²) in [6.07, 6.45) is 1.89. The Morgan fingerprint density at radius 2 is 1.39 bits per heavy atom. The zero-order valence-electron chi connectivity index (χ0n) is 27.6. The first kappa shape index (κ1) is 32.2. The van der Waals surface area contributed by atoms with Gasteiger partial charge in [0.25, 0.3) is 0 Å². The molecule has 0 N–H and O–H groups in total. The molecule has 1 fully saturated rings. The Balaban J connectivity index is 0.00000372. The number of nitrogens with zero attached hydrogens (tertiary/aromatic N) is 4. The van der Waals surface area contributed by atoms with Gasteiger partial charge < -0.3 is 18.6 Å². The number of anilines is 3. The number of pyridine rings is 1. The zero-order chi connectivity index (χ0) is 31.6. The molecule has 0 aliphatic carbocycles. The van der Waals surface area contributed by atoms with Gasteiger partial charge in [0, 0.05) is 62.3 Å². The second-order valence-corrected chi connectivity index (χ2v) is 14.6. The zero-order valence-corrected chi connectivity index (χ0v) is 29.9. The van der Waals surface area contributed by atoms with Gasteiger partial charge in [-0.1, -0.05) is 77.6 Å². The van der Waals surface area contributed by atoms with Crippen LogP contribution in [0.25, 0.3) is 0 Å². The van der Waals surface area contributed by atoms with Crippen LogP contribution in [0.5, 0.6) is 11.5 Å². The standard InChI is InChI=1S/C40H41N4O.Pt/c1-39(2,3)29-19-20-36-37(23-29)44(27-43(36,7)28-44)33-16-12-18-35(26-33)45-34-17-11-15-32(25-34)42(31-13-9-8-10-14-31)38-24-30(21-22-41-38)40(4,5)6;/h8-24,27H,28H2,1-7H3;/q-1;/t43-,44+;/m0./s1. The van der Waals surface area contributed by atoms with Crippen molar-refractivity contribution in [3.05, 3.63) is 133 Å². The van der Waals surface area contributed by atoms with Crippen LogP contribution in [0.1, 0.15) is 52.7 Å². The number of hydrogen-bond donors (Lipinski definition) is 0. The van der Waals surface area contributed by atoms with Crippen molar-refractivity contribution >= 4 is 34.3 Å². The summed E-state index contributed by atoms with van der Waals surface area (Å²) < 4.78 is 7.99. The fourth-order valence-electron chi connectivity index (χ4n) is 6.61. The van der Waals surface area contributed by atoms with Gasteiger partial charge in [-0.3, -0.25) is 0 Å². The van der Waals surface area contributed by atoms with Crippen molar-refractivity contribution in [3.8, 4) is 11.5 Å². The molecule has 1 aromatic heterocycles. The Hall–Kier alpha value is -3.76. The number of hydrogen-bond acceptors (Lipinski definition) is 3. The molecule has 5 nitrogen and oxygen atoms in total. The summed E-state index contributed by atoms with van der Waals surface area (Å²) in [7, 11) is 2.28. The van der Waals surface area contributed by atoms with E-state index in [9.17, 15) is 0 Å². The molecule has 8 rings (SSSR count). The van der Waals surface area contributed by atoms with Crippen molar-refractivity contribution in [1.29, 1.82) is 0 Å². The largest absolute Gasteiger partial charge is 0.509 e. The molecule has 5 aromatic rings. The van der Waals surface area contributed by atoms with Gasteiger partial charge >= 0.3 is 0 Å². The minimum absolute atomic E-state index is 0. The average molecular weight is 789 g/mol. The summed E-state index contributed by atoms with van der Waals surface area (Å²) in [6.45, 7) is 16.8. The number of para-hydroxylation sites is 1. The maximum Gasteiger partial charge on any atom is 0.179 e. The predicted molar refractivity (Wildman–Crippen MR) is 185 cm³/mol. The Kier molecular flexibility index (Phi) is 8.04. The summed E-state index contributed by atoms with van der Waals surface area (Å²) in [4.78, 5) is 6.91. The fourth-order valence-corrected chi connectivity index (χ4v) is 6.61. The third-order valence-electron chi connectivity index (χ3n) is 9.04.